The van der Waals surface area contributed by atoms with Crippen molar-refractivity contribution in [3.8, 4) is 0 Å². The number of amidine groups is 1. The molecule has 4 rings (SSSR count). The van der Waals surface area contributed by atoms with Crippen LogP contribution in [0.15, 0.2) is 34.0 Å². The average molecular weight is 357 g/mol. The maximum absolute atomic E-state index is 12.6. The molecular formula is C18H23N5OS. The highest BCUT2D eigenvalue weighted by Crippen LogP contribution is 2.21. The molecule has 0 radical (unpaired) electrons. The van der Waals surface area contributed by atoms with Crippen molar-refractivity contribution >= 4 is 29.4 Å². The number of hydrogen-bond acceptors (Lipinski definition) is 6. The van der Waals surface area contributed by atoms with Crippen LogP contribution in [-0.4, -0.2) is 71.5 Å². The Morgan fingerprint density at radius 2 is 2.08 bits per heavy atom. The standard InChI is InChI=1S/C18H23N5OS/c1-3-14-11-23-12-19-16(10-17(23)20-14)21-6-8-22(9-7-21)18(24)15-5-4-13(2)25-15/h4-5,10,12,14H,3,6-9,11H2,1-2H3. The summed E-state index contributed by atoms with van der Waals surface area (Å²) in [6.45, 7) is 8.22. The SMILES string of the molecule is CCC1CN2C=NC(N3CCN(C(=O)c4ccc(C)s4)CC3)=CC2=N1. The van der Waals surface area contributed by atoms with Gasteiger partial charge in [0.25, 0.3) is 5.91 Å². The minimum Gasteiger partial charge on any atom is -0.353 e. The lowest BCUT2D eigenvalue weighted by Gasteiger charge is -2.36. The molecule has 1 aromatic rings. The van der Waals surface area contributed by atoms with Crippen LogP contribution in [0.2, 0.25) is 0 Å². The Kier molecular flexibility index (Phi) is 4.33. The molecule has 1 unspecified atom stereocenters. The van der Waals surface area contributed by atoms with Crippen molar-refractivity contribution in [3.05, 3.63) is 33.8 Å². The zero-order valence-corrected chi connectivity index (χ0v) is 15.5. The van der Waals surface area contributed by atoms with Gasteiger partial charge >= 0.3 is 0 Å². The van der Waals surface area contributed by atoms with Gasteiger partial charge in [0.05, 0.1) is 17.3 Å². The van der Waals surface area contributed by atoms with Crippen LogP contribution >= 0.6 is 11.3 Å². The first-order valence-corrected chi connectivity index (χ1v) is 9.66. The first-order chi connectivity index (χ1) is 12.1. The van der Waals surface area contributed by atoms with Crippen LogP contribution in [0.5, 0.6) is 0 Å². The van der Waals surface area contributed by atoms with E-state index in [-0.39, 0.29) is 5.91 Å². The van der Waals surface area contributed by atoms with Crippen molar-refractivity contribution in [3.63, 3.8) is 0 Å². The highest BCUT2D eigenvalue weighted by Gasteiger charge is 2.28. The lowest BCUT2D eigenvalue weighted by Crippen LogP contribution is -2.48. The van der Waals surface area contributed by atoms with Gasteiger partial charge < -0.3 is 14.7 Å². The van der Waals surface area contributed by atoms with Gasteiger partial charge in [-0.3, -0.25) is 9.79 Å². The summed E-state index contributed by atoms with van der Waals surface area (Å²) in [5, 5.41) is 0. The fourth-order valence-electron chi connectivity index (χ4n) is 3.37. The van der Waals surface area contributed by atoms with Crippen LogP contribution in [0.4, 0.5) is 0 Å². The Bertz CT molecular complexity index is 757. The van der Waals surface area contributed by atoms with Crippen LogP contribution < -0.4 is 0 Å². The largest absolute Gasteiger partial charge is 0.353 e. The molecule has 1 atom stereocenters. The molecule has 0 aliphatic carbocycles. The zero-order chi connectivity index (χ0) is 17.4. The molecule has 0 bridgehead atoms. The maximum Gasteiger partial charge on any atom is 0.264 e. The van der Waals surface area contributed by atoms with Crippen LogP contribution in [0.25, 0.3) is 0 Å². The average Bonchev–Trinajstić information content (AvgIpc) is 3.26. The van der Waals surface area contributed by atoms with Gasteiger partial charge in [0, 0.05) is 43.7 Å². The summed E-state index contributed by atoms with van der Waals surface area (Å²) in [7, 11) is 0. The Hall–Kier alpha value is -2.15. The van der Waals surface area contributed by atoms with E-state index in [1.165, 1.54) is 4.88 Å². The van der Waals surface area contributed by atoms with Gasteiger partial charge in [0.1, 0.15) is 11.7 Å². The van der Waals surface area contributed by atoms with E-state index in [1.807, 2.05) is 30.3 Å². The van der Waals surface area contributed by atoms with E-state index in [4.69, 9.17) is 4.99 Å². The minimum atomic E-state index is 0.149. The normalized spacial score (nSPS) is 22.8. The summed E-state index contributed by atoms with van der Waals surface area (Å²) in [4.78, 5) is 30.2. The molecule has 4 heterocycles. The van der Waals surface area contributed by atoms with Gasteiger partial charge in [-0.1, -0.05) is 6.92 Å². The van der Waals surface area contributed by atoms with Gasteiger partial charge in [0.2, 0.25) is 0 Å². The third-order valence-electron chi connectivity index (χ3n) is 4.92. The zero-order valence-electron chi connectivity index (χ0n) is 14.7. The summed E-state index contributed by atoms with van der Waals surface area (Å²) in [6, 6.07) is 4.31. The van der Waals surface area contributed by atoms with Crippen LogP contribution in [0, 0.1) is 6.92 Å². The van der Waals surface area contributed by atoms with E-state index in [9.17, 15) is 4.79 Å². The van der Waals surface area contributed by atoms with Crippen LogP contribution in [0.1, 0.15) is 27.9 Å². The number of aryl methyl sites for hydroxylation is 1. The molecule has 25 heavy (non-hydrogen) atoms. The van der Waals surface area contributed by atoms with E-state index in [2.05, 4.69) is 27.8 Å². The molecule has 6 nitrogen and oxygen atoms in total. The smallest absolute Gasteiger partial charge is 0.264 e. The molecule has 0 aromatic carbocycles. The van der Waals surface area contributed by atoms with Crippen molar-refractivity contribution in [1.82, 2.24) is 14.7 Å². The first-order valence-electron chi connectivity index (χ1n) is 8.85. The van der Waals surface area contributed by atoms with Crippen molar-refractivity contribution in [1.29, 1.82) is 0 Å². The number of rotatable bonds is 3. The van der Waals surface area contributed by atoms with Crippen molar-refractivity contribution < 1.29 is 4.79 Å². The van der Waals surface area contributed by atoms with Gasteiger partial charge in [-0.05, 0) is 25.5 Å². The number of hydrogen-bond donors (Lipinski definition) is 0. The van der Waals surface area contributed by atoms with Crippen molar-refractivity contribution in [2.24, 2.45) is 9.98 Å². The molecule has 3 aliphatic heterocycles. The van der Waals surface area contributed by atoms with Crippen molar-refractivity contribution in [2.75, 3.05) is 32.7 Å². The number of aliphatic imine (C=N–C) groups is 2. The number of amides is 1. The van der Waals surface area contributed by atoms with Gasteiger partial charge in [0.15, 0.2) is 0 Å². The Morgan fingerprint density at radius 3 is 2.76 bits per heavy atom. The maximum atomic E-state index is 12.6. The fraction of sp³-hybridized carbons (Fsp3) is 0.500. The Morgan fingerprint density at radius 1 is 1.28 bits per heavy atom. The summed E-state index contributed by atoms with van der Waals surface area (Å²) >= 11 is 1.57. The summed E-state index contributed by atoms with van der Waals surface area (Å²) in [5.74, 6) is 2.13. The van der Waals surface area contributed by atoms with Crippen LogP contribution in [-0.2, 0) is 0 Å². The molecule has 0 saturated carbocycles. The molecule has 1 amide bonds. The predicted molar refractivity (Wildman–Crippen MR) is 101 cm³/mol. The number of carbonyl (C=O) groups is 1. The quantitative estimate of drug-likeness (QED) is 0.833. The predicted octanol–water partition coefficient (Wildman–Crippen LogP) is 2.19. The first kappa shape index (κ1) is 16.3. The topological polar surface area (TPSA) is 51.5 Å². The van der Waals surface area contributed by atoms with Gasteiger partial charge in [-0.15, -0.1) is 11.3 Å². The highest BCUT2D eigenvalue weighted by molar-refractivity contribution is 7.13. The number of piperazine rings is 1. The molecule has 1 fully saturated rings. The molecule has 7 heteroatoms. The molecule has 0 spiro atoms. The van der Waals surface area contributed by atoms with E-state index < -0.39 is 0 Å². The second-order valence-electron chi connectivity index (χ2n) is 6.64. The van der Waals surface area contributed by atoms with E-state index in [0.717, 1.165) is 55.7 Å². The summed E-state index contributed by atoms with van der Waals surface area (Å²) < 4.78 is 0. The van der Waals surface area contributed by atoms with Crippen LogP contribution in [0.3, 0.4) is 0 Å². The van der Waals surface area contributed by atoms with Crippen molar-refractivity contribution in [2.45, 2.75) is 26.3 Å². The summed E-state index contributed by atoms with van der Waals surface area (Å²) in [6.07, 6.45) is 5.03. The second-order valence-corrected chi connectivity index (χ2v) is 7.93. The molecular weight excluding hydrogens is 334 g/mol. The lowest BCUT2D eigenvalue weighted by molar-refractivity contribution is 0.0673. The van der Waals surface area contributed by atoms with Gasteiger partial charge in [-0.25, -0.2) is 4.99 Å². The van der Waals surface area contributed by atoms with E-state index >= 15 is 0 Å². The third kappa shape index (κ3) is 3.20. The van der Waals surface area contributed by atoms with Gasteiger partial charge in [-0.2, -0.15) is 0 Å². The molecule has 0 N–H and O–H groups in total. The number of carbonyl (C=O) groups excluding carboxylic acids is 1. The number of nitrogens with zero attached hydrogens (tertiary/aromatic N) is 5. The lowest BCUT2D eigenvalue weighted by atomic mass is 10.2. The molecule has 1 aromatic heterocycles. The minimum absolute atomic E-state index is 0.149. The highest BCUT2D eigenvalue weighted by atomic mass is 32.1. The third-order valence-corrected chi connectivity index (χ3v) is 5.91. The second kappa shape index (κ2) is 6.63. The Balaban J connectivity index is 1.39. The van der Waals surface area contributed by atoms with E-state index in [1.54, 1.807) is 11.3 Å². The fourth-order valence-corrected chi connectivity index (χ4v) is 4.20. The number of fused-ring (bicyclic) bond motifs is 1. The number of thiophene rings is 1. The summed E-state index contributed by atoms with van der Waals surface area (Å²) in [5.41, 5.74) is 0. The van der Waals surface area contributed by atoms with E-state index in [0.29, 0.717) is 6.04 Å². The molecule has 1 saturated heterocycles. The Labute approximate surface area is 152 Å². The monoisotopic (exact) mass is 357 g/mol. The molecule has 3 aliphatic rings. The molecule has 132 valence electrons.